The van der Waals surface area contributed by atoms with Crippen LogP contribution < -0.4 is 4.74 Å². The van der Waals surface area contributed by atoms with Crippen LogP contribution in [0.2, 0.25) is 0 Å². The molecule has 0 spiro atoms. The van der Waals surface area contributed by atoms with E-state index in [1.807, 2.05) is 29.8 Å². The van der Waals surface area contributed by atoms with Crippen molar-refractivity contribution in [1.82, 2.24) is 14.8 Å². The normalized spacial score (nSPS) is 10.8. The molecule has 0 saturated carbocycles. The lowest BCUT2D eigenvalue weighted by Crippen LogP contribution is -2.02. The Bertz CT molecular complexity index is 817. The summed E-state index contributed by atoms with van der Waals surface area (Å²) in [5, 5.41) is 9.41. The van der Waals surface area contributed by atoms with Gasteiger partial charge in [-0.1, -0.05) is 36.0 Å². The Kier molecular flexibility index (Phi) is 5.15. The zero-order valence-electron chi connectivity index (χ0n) is 13.6. The van der Waals surface area contributed by atoms with Gasteiger partial charge in [0.1, 0.15) is 11.6 Å². The Balaban J connectivity index is 1.59. The molecule has 24 heavy (non-hydrogen) atoms. The van der Waals surface area contributed by atoms with E-state index in [1.54, 1.807) is 23.9 Å². The van der Waals surface area contributed by atoms with Crippen LogP contribution in [0.5, 0.6) is 5.75 Å². The fraction of sp³-hybridized carbons (Fsp3) is 0.222. The van der Waals surface area contributed by atoms with Gasteiger partial charge in [0.15, 0.2) is 11.0 Å². The summed E-state index contributed by atoms with van der Waals surface area (Å²) in [6.45, 7) is 2.58. The first-order chi connectivity index (χ1) is 11.6. The van der Waals surface area contributed by atoms with E-state index in [9.17, 15) is 4.39 Å². The molecule has 0 fully saturated rings. The standard InChI is InChI=1S/C18H18FN3OS/c1-13-5-3-4-6-16(13)17-20-21-18(22(17)2)24-12-11-23-15-9-7-14(19)8-10-15/h3-10H,11-12H2,1-2H3. The van der Waals surface area contributed by atoms with Gasteiger partial charge in [0, 0.05) is 18.4 Å². The van der Waals surface area contributed by atoms with Gasteiger partial charge in [-0.3, -0.25) is 0 Å². The van der Waals surface area contributed by atoms with Gasteiger partial charge in [-0.25, -0.2) is 4.39 Å². The molecule has 0 aliphatic rings. The number of thioether (sulfide) groups is 1. The Hall–Kier alpha value is -2.34. The summed E-state index contributed by atoms with van der Waals surface area (Å²) < 4.78 is 20.4. The van der Waals surface area contributed by atoms with Crippen LogP contribution in [0.1, 0.15) is 5.56 Å². The number of benzene rings is 2. The highest BCUT2D eigenvalue weighted by atomic mass is 32.2. The van der Waals surface area contributed by atoms with Gasteiger partial charge in [0.05, 0.1) is 6.61 Å². The second-order valence-corrected chi connectivity index (χ2v) is 6.39. The van der Waals surface area contributed by atoms with E-state index in [1.165, 1.54) is 17.7 Å². The fourth-order valence-corrected chi connectivity index (χ4v) is 3.05. The van der Waals surface area contributed by atoms with Gasteiger partial charge < -0.3 is 9.30 Å². The zero-order valence-corrected chi connectivity index (χ0v) is 14.4. The van der Waals surface area contributed by atoms with Gasteiger partial charge in [-0.2, -0.15) is 0 Å². The van der Waals surface area contributed by atoms with Crippen molar-refractivity contribution in [1.29, 1.82) is 0 Å². The smallest absolute Gasteiger partial charge is 0.191 e. The number of halogens is 1. The van der Waals surface area contributed by atoms with Crippen LogP contribution in [0.3, 0.4) is 0 Å². The first-order valence-corrected chi connectivity index (χ1v) is 8.60. The average Bonchev–Trinajstić information content (AvgIpc) is 2.94. The van der Waals surface area contributed by atoms with Gasteiger partial charge in [-0.05, 0) is 36.8 Å². The molecule has 124 valence electrons. The third kappa shape index (κ3) is 3.76. The minimum atomic E-state index is -0.264. The van der Waals surface area contributed by atoms with Crippen LogP contribution in [-0.2, 0) is 7.05 Å². The topological polar surface area (TPSA) is 39.9 Å². The molecule has 3 aromatic rings. The third-order valence-corrected chi connectivity index (χ3v) is 4.60. The van der Waals surface area contributed by atoms with Gasteiger partial charge in [0.25, 0.3) is 0 Å². The van der Waals surface area contributed by atoms with Crippen molar-refractivity contribution >= 4 is 11.8 Å². The monoisotopic (exact) mass is 343 g/mol. The summed E-state index contributed by atoms with van der Waals surface area (Å²) in [7, 11) is 1.96. The fourth-order valence-electron chi connectivity index (χ4n) is 2.32. The molecule has 0 saturated heterocycles. The zero-order chi connectivity index (χ0) is 16.9. The quantitative estimate of drug-likeness (QED) is 0.499. The maximum atomic E-state index is 12.8. The van der Waals surface area contributed by atoms with E-state index in [-0.39, 0.29) is 5.82 Å². The van der Waals surface area contributed by atoms with E-state index in [4.69, 9.17) is 4.74 Å². The summed E-state index contributed by atoms with van der Waals surface area (Å²) >= 11 is 1.58. The van der Waals surface area contributed by atoms with Crippen LogP contribution in [0.4, 0.5) is 4.39 Å². The first-order valence-electron chi connectivity index (χ1n) is 7.61. The highest BCUT2D eigenvalue weighted by molar-refractivity contribution is 7.99. The van der Waals surface area contributed by atoms with E-state index in [2.05, 4.69) is 23.2 Å². The van der Waals surface area contributed by atoms with Crippen molar-refractivity contribution in [3.63, 3.8) is 0 Å². The molecule has 0 atom stereocenters. The van der Waals surface area contributed by atoms with Crippen molar-refractivity contribution in [2.45, 2.75) is 12.1 Å². The molecule has 0 unspecified atom stereocenters. The van der Waals surface area contributed by atoms with E-state index < -0.39 is 0 Å². The van der Waals surface area contributed by atoms with E-state index in [0.29, 0.717) is 12.4 Å². The Morgan fingerprint density at radius 2 is 1.83 bits per heavy atom. The summed E-state index contributed by atoms with van der Waals surface area (Å²) in [4.78, 5) is 0. The molecule has 4 nitrogen and oxygen atoms in total. The molecule has 0 amide bonds. The predicted octanol–water partition coefficient (Wildman–Crippen LogP) is 4.10. The third-order valence-electron chi connectivity index (χ3n) is 3.62. The maximum absolute atomic E-state index is 12.8. The van der Waals surface area contributed by atoms with Crippen molar-refractivity contribution in [2.75, 3.05) is 12.4 Å². The van der Waals surface area contributed by atoms with Crippen LogP contribution >= 0.6 is 11.8 Å². The number of aryl methyl sites for hydroxylation is 1. The van der Waals surface area contributed by atoms with Crippen LogP contribution in [0.15, 0.2) is 53.7 Å². The summed E-state index contributed by atoms with van der Waals surface area (Å²) in [6.07, 6.45) is 0. The molecular formula is C18H18FN3OS. The van der Waals surface area contributed by atoms with E-state index in [0.717, 1.165) is 22.3 Å². The molecule has 3 rings (SSSR count). The van der Waals surface area contributed by atoms with Gasteiger partial charge >= 0.3 is 0 Å². The Labute approximate surface area is 144 Å². The number of aromatic nitrogens is 3. The lowest BCUT2D eigenvalue weighted by Gasteiger charge is -2.07. The van der Waals surface area contributed by atoms with Gasteiger partial charge in [0.2, 0.25) is 0 Å². The summed E-state index contributed by atoms with van der Waals surface area (Å²) in [5.74, 6) is 1.99. The molecule has 0 bridgehead atoms. The molecule has 0 aliphatic carbocycles. The van der Waals surface area contributed by atoms with Crippen molar-refractivity contribution in [2.24, 2.45) is 7.05 Å². The van der Waals surface area contributed by atoms with Crippen molar-refractivity contribution in [3.05, 3.63) is 59.9 Å². The molecule has 0 radical (unpaired) electrons. The number of nitrogens with zero attached hydrogens (tertiary/aromatic N) is 3. The lowest BCUT2D eigenvalue weighted by atomic mass is 10.1. The molecule has 6 heteroatoms. The lowest BCUT2D eigenvalue weighted by molar-refractivity contribution is 0.343. The highest BCUT2D eigenvalue weighted by Crippen LogP contribution is 2.25. The molecule has 1 aromatic heterocycles. The van der Waals surface area contributed by atoms with Crippen LogP contribution in [0, 0.1) is 12.7 Å². The first kappa shape index (κ1) is 16.5. The molecule has 0 N–H and O–H groups in total. The van der Waals surface area contributed by atoms with Gasteiger partial charge in [-0.15, -0.1) is 10.2 Å². The average molecular weight is 343 g/mol. The highest BCUT2D eigenvalue weighted by Gasteiger charge is 2.12. The minimum Gasteiger partial charge on any atom is -0.493 e. The Morgan fingerprint density at radius 1 is 1.08 bits per heavy atom. The molecule has 2 aromatic carbocycles. The number of hydrogen-bond donors (Lipinski definition) is 0. The minimum absolute atomic E-state index is 0.264. The maximum Gasteiger partial charge on any atom is 0.191 e. The number of ether oxygens (including phenoxy) is 1. The molecular weight excluding hydrogens is 325 g/mol. The predicted molar refractivity (Wildman–Crippen MR) is 93.8 cm³/mol. The van der Waals surface area contributed by atoms with Crippen molar-refractivity contribution < 1.29 is 9.13 Å². The second kappa shape index (κ2) is 7.49. The second-order valence-electron chi connectivity index (χ2n) is 5.33. The van der Waals surface area contributed by atoms with E-state index >= 15 is 0 Å². The summed E-state index contributed by atoms with van der Waals surface area (Å²) in [6, 6.07) is 14.1. The molecule has 1 heterocycles. The summed E-state index contributed by atoms with van der Waals surface area (Å²) in [5.41, 5.74) is 2.26. The van der Waals surface area contributed by atoms with Crippen LogP contribution in [0.25, 0.3) is 11.4 Å². The largest absolute Gasteiger partial charge is 0.493 e. The Morgan fingerprint density at radius 3 is 2.58 bits per heavy atom. The number of hydrogen-bond acceptors (Lipinski definition) is 4. The molecule has 0 aliphatic heterocycles. The van der Waals surface area contributed by atoms with Crippen LogP contribution in [-0.4, -0.2) is 27.1 Å². The van der Waals surface area contributed by atoms with Crippen molar-refractivity contribution in [3.8, 4) is 17.1 Å². The SMILES string of the molecule is Cc1ccccc1-c1nnc(SCCOc2ccc(F)cc2)n1C. The number of rotatable bonds is 6.